The molecule has 1 atom stereocenters. The highest BCUT2D eigenvalue weighted by molar-refractivity contribution is 8.00. The van der Waals surface area contributed by atoms with Crippen molar-refractivity contribution in [3.63, 3.8) is 0 Å². The Morgan fingerprint density at radius 1 is 1.61 bits per heavy atom. The minimum Gasteiger partial charge on any atom is -0.481 e. The van der Waals surface area contributed by atoms with Crippen molar-refractivity contribution in [3.8, 4) is 0 Å². The van der Waals surface area contributed by atoms with Crippen molar-refractivity contribution in [2.45, 2.75) is 29.2 Å². The van der Waals surface area contributed by atoms with Gasteiger partial charge in [-0.05, 0) is 31.4 Å². The third-order valence-corrected chi connectivity index (χ3v) is 5.07. The van der Waals surface area contributed by atoms with Crippen LogP contribution < -0.4 is 4.90 Å². The van der Waals surface area contributed by atoms with E-state index in [0.29, 0.717) is 12.6 Å². The maximum absolute atomic E-state index is 10.7. The molecule has 0 bridgehead atoms. The van der Waals surface area contributed by atoms with Gasteiger partial charge in [0.1, 0.15) is 0 Å². The van der Waals surface area contributed by atoms with Crippen LogP contribution in [0.4, 0.5) is 5.69 Å². The number of anilines is 1. The van der Waals surface area contributed by atoms with Crippen molar-refractivity contribution in [1.82, 2.24) is 0 Å². The molecule has 18 heavy (non-hydrogen) atoms. The minimum atomic E-state index is -0.734. The summed E-state index contributed by atoms with van der Waals surface area (Å²) in [7, 11) is 0. The average Bonchev–Trinajstić information content (AvgIpc) is 2.36. The van der Waals surface area contributed by atoms with Crippen molar-refractivity contribution in [2.24, 2.45) is 0 Å². The summed E-state index contributed by atoms with van der Waals surface area (Å²) in [5.41, 5.74) is 1.18. The summed E-state index contributed by atoms with van der Waals surface area (Å²) in [6, 6.07) is 6.81. The van der Waals surface area contributed by atoms with Crippen LogP contribution in [0.25, 0.3) is 0 Å². The minimum absolute atomic E-state index is 0.193. The van der Waals surface area contributed by atoms with E-state index in [-0.39, 0.29) is 6.42 Å². The van der Waals surface area contributed by atoms with E-state index in [2.05, 4.69) is 36.3 Å². The smallest absolute Gasteiger partial charge is 0.305 e. The maximum atomic E-state index is 10.7. The fourth-order valence-corrected chi connectivity index (χ4v) is 3.73. The van der Waals surface area contributed by atoms with Crippen LogP contribution in [0.5, 0.6) is 0 Å². The maximum Gasteiger partial charge on any atom is 0.305 e. The number of rotatable bonds is 4. The molecule has 1 aliphatic rings. The average molecular weight is 283 g/mol. The van der Waals surface area contributed by atoms with Gasteiger partial charge >= 0.3 is 5.97 Å². The van der Waals surface area contributed by atoms with Gasteiger partial charge in [0.25, 0.3) is 0 Å². The lowest BCUT2D eigenvalue weighted by Gasteiger charge is -2.36. The molecular weight excluding hydrogens is 266 g/mol. The first kappa shape index (κ1) is 13.6. The second-order valence-electron chi connectivity index (χ2n) is 4.33. The lowest BCUT2D eigenvalue weighted by atomic mass is 10.2. The molecule has 1 aliphatic heterocycles. The molecule has 98 valence electrons. The Labute approximate surface area is 116 Å². The van der Waals surface area contributed by atoms with Crippen LogP contribution in [-0.2, 0) is 4.79 Å². The van der Waals surface area contributed by atoms with Crippen molar-refractivity contribution in [2.75, 3.05) is 23.5 Å². The summed E-state index contributed by atoms with van der Waals surface area (Å²) in [4.78, 5) is 15.5. The summed E-state index contributed by atoms with van der Waals surface area (Å²) in [5, 5.41) is 8.83. The van der Waals surface area contributed by atoms with Crippen LogP contribution in [0, 0.1) is 0 Å². The third kappa shape index (κ3) is 2.95. The number of hydrogen-bond donors (Lipinski definition) is 1. The lowest BCUT2D eigenvalue weighted by Crippen LogP contribution is -2.39. The Bertz CT molecular complexity index is 451. The molecule has 0 amide bonds. The summed E-state index contributed by atoms with van der Waals surface area (Å²) in [5.74, 6) is 0.285. The van der Waals surface area contributed by atoms with E-state index in [1.807, 2.05) is 11.8 Å². The van der Waals surface area contributed by atoms with E-state index in [4.69, 9.17) is 5.11 Å². The number of benzene rings is 1. The first-order valence-electron chi connectivity index (χ1n) is 5.91. The second-order valence-corrected chi connectivity index (χ2v) is 6.27. The van der Waals surface area contributed by atoms with Crippen LogP contribution in [0.15, 0.2) is 28.0 Å². The van der Waals surface area contributed by atoms with Gasteiger partial charge < -0.3 is 10.0 Å². The fourth-order valence-electron chi connectivity index (χ4n) is 2.07. The van der Waals surface area contributed by atoms with Gasteiger partial charge in [0.2, 0.25) is 0 Å². The number of carboxylic acid groups (broad SMARTS) is 1. The molecule has 0 radical (unpaired) electrons. The standard InChI is InChI=1S/C13H17NO2S2/c1-9-8-18-12-7-10(17-2)3-4-11(12)14(9)6-5-13(15)16/h3-4,7,9H,5-6,8H2,1-2H3,(H,15,16). The number of carbonyl (C=O) groups is 1. The van der Waals surface area contributed by atoms with Gasteiger partial charge in [0, 0.05) is 28.1 Å². The van der Waals surface area contributed by atoms with E-state index < -0.39 is 5.97 Å². The Morgan fingerprint density at radius 3 is 3.06 bits per heavy atom. The van der Waals surface area contributed by atoms with Crippen LogP contribution in [0.1, 0.15) is 13.3 Å². The highest BCUT2D eigenvalue weighted by atomic mass is 32.2. The van der Waals surface area contributed by atoms with Crippen LogP contribution >= 0.6 is 23.5 Å². The van der Waals surface area contributed by atoms with Crippen LogP contribution in [0.3, 0.4) is 0 Å². The zero-order chi connectivity index (χ0) is 13.1. The van der Waals surface area contributed by atoms with E-state index in [0.717, 1.165) is 5.75 Å². The van der Waals surface area contributed by atoms with Gasteiger partial charge in [-0.15, -0.1) is 23.5 Å². The molecule has 5 heteroatoms. The zero-order valence-electron chi connectivity index (χ0n) is 10.5. The van der Waals surface area contributed by atoms with Gasteiger partial charge in [-0.2, -0.15) is 0 Å². The number of hydrogen-bond acceptors (Lipinski definition) is 4. The molecule has 1 unspecified atom stereocenters. The number of carboxylic acids is 1. The van der Waals surface area contributed by atoms with Crippen molar-refractivity contribution >= 4 is 35.2 Å². The Balaban J connectivity index is 2.23. The molecule has 1 heterocycles. The van der Waals surface area contributed by atoms with E-state index in [9.17, 15) is 4.79 Å². The second kappa shape index (κ2) is 5.89. The van der Waals surface area contributed by atoms with Crippen molar-refractivity contribution in [3.05, 3.63) is 18.2 Å². The van der Waals surface area contributed by atoms with Gasteiger partial charge in [-0.3, -0.25) is 4.79 Å². The van der Waals surface area contributed by atoms with Crippen molar-refractivity contribution < 1.29 is 9.90 Å². The van der Waals surface area contributed by atoms with E-state index in [1.54, 1.807) is 11.8 Å². The Hall–Kier alpha value is -0.810. The topological polar surface area (TPSA) is 40.5 Å². The predicted octanol–water partition coefficient (Wildman–Crippen LogP) is 3.18. The van der Waals surface area contributed by atoms with Gasteiger partial charge in [0.05, 0.1) is 12.1 Å². The van der Waals surface area contributed by atoms with Crippen LogP contribution in [0.2, 0.25) is 0 Å². The number of nitrogens with zero attached hydrogens (tertiary/aromatic N) is 1. The van der Waals surface area contributed by atoms with Crippen LogP contribution in [-0.4, -0.2) is 35.7 Å². The van der Waals surface area contributed by atoms with Gasteiger partial charge in [-0.25, -0.2) is 0 Å². The fraction of sp³-hybridized carbons (Fsp3) is 0.462. The molecule has 0 spiro atoms. The Morgan fingerprint density at radius 2 is 2.39 bits per heavy atom. The quantitative estimate of drug-likeness (QED) is 0.859. The molecule has 1 aromatic rings. The van der Waals surface area contributed by atoms with Gasteiger partial charge in [0.15, 0.2) is 0 Å². The normalized spacial score (nSPS) is 18.6. The molecule has 0 saturated carbocycles. The summed E-state index contributed by atoms with van der Waals surface area (Å²) in [6.07, 6.45) is 2.26. The summed E-state index contributed by atoms with van der Waals surface area (Å²) in [6.45, 7) is 2.74. The molecule has 1 N–H and O–H groups in total. The SMILES string of the molecule is CSc1ccc2c(c1)SCC(C)N2CCC(=O)O. The molecule has 0 saturated heterocycles. The zero-order valence-corrected chi connectivity index (χ0v) is 12.2. The highest BCUT2D eigenvalue weighted by Crippen LogP contribution is 2.39. The van der Waals surface area contributed by atoms with Gasteiger partial charge in [-0.1, -0.05) is 0 Å². The van der Waals surface area contributed by atoms with Crippen molar-refractivity contribution in [1.29, 1.82) is 0 Å². The molecule has 0 aromatic heterocycles. The number of aliphatic carboxylic acids is 1. The molecule has 0 fully saturated rings. The molecule has 3 nitrogen and oxygen atoms in total. The van der Waals surface area contributed by atoms with E-state index in [1.165, 1.54) is 15.5 Å². The molecule has 0 aliphatic carbocycles. The molecule has 1 aromatic carbocycles. The summed E-state index contributed by atoms with van der Waals surface area (Å²) < 4.78 is 0. The molecular formula is C13H17NO2S2. The Kier molecular flexibility index (Phi) is 4.45. The first-order valence-corrected chi connectivity index (χ1v) is 8.12. The number of thioether (sulfide) groups is 2. The largest absolute Gasteiger partial charge is 0.481 e. The van der Waals surface area contributed by atoms with E-state index >= 15 is 0 Å². The lowest BCUT2D eigenvalue weighted by molar-refractivity contribution is -0.136. The monoisotopic (exact) mass is 283 g/mol. The third-order valence-electron chi connectivity index (χ3n) is 3.06. The first-order chi connectivity index (χ1) is 8.61. The number of fused-ring (bicyclic) bond motifs is 1. The summed E-state index contributed by atoms with van der Waals surface area (Å²) >= 11 is 3.60. The highest BCUT2D eigenvalue weighted by Gasteiger charge is 2.24. The molecule has 2 rings (SSSR count). The predicted molar refractivity (Wildman–Crippen MR) is 78.0 cm³/mol.